The van der Waals surface area contributed by atoms with Crippen molar-refractivity contribution in [3.05, 3.63) is 12.2 Å². The van der Waals surface area contributed by atoms with Gasteiger partial charge in [-0.3, -0.25) is 0 Å². The molecule has 35 heavy (non-hydrogen) atoms. The van der Waals surface area contributed by atoms with Gasteiger partial charge in [0.05, 0.1) is 0 Å². The Morgan fingerprint density at radius 2 is 0.800 bits per heavy atom. The van der Waals surface area contributed by atoms with Crippen molar-refractivity contribution in [2.24, 2.45) is 0 Å². The predicted octanol–water partition coefficient (Wildman–Crippen LogP) is 6.75. The van der Waals surface area contributed by atoms with Crippen LogP contribution in [0.4, 0.5) is 83.4 Å². The van der Waals surface area contributed by atoms with Crippen LogP contribution < -0.4 is 0 Å². The Morgan fingerprint density at radius 3 is 1.06 bits per heavy atom. The Kier molecular flexibility index (Phi) is 7.96. The van der Waals surface area contributed by atoms with Crippen LogP contribution >= 0.6 is 0 Å². The first-order valence-corrected chi connectivity index (χ1v) is 7.74. The van der Waals surface area contributed by atoms with Crippen molar-refractivity contribution in [2.45, 2.75) is 60.5 Å². The smallest absolute Gasteiger partial charge is 0.456 e. The van der Waals surface area contributed by atoms with E-state index >= 15 is 0 Å². The minimum atomic E-state index is -8.99. The van der Waals surface area contributed by atoms with Crippen molar-refractivity contribution in [3.63, 3.8) is 0 Å². The molecule has 0 heterocycles. The Balaban J connectivity index is 6.74. The van der Waals surface area contributed by atoms with Crippen LogP contribution in [0, 0.1) is 0 Å². The second-order valence-electron chi connectivity index (χ2n) is 6.58. The Labute approximate surface area is 179 Å². The van der Waals surface area contributed by atoms with Crippen molar-refractivity contribution in [1.82, 2.24) is 0 Å². The summed E-state index contributed by atoms with van der Waals surface area (Å²) < 4.78 is 251. The molecular weight excluding hydrogens is 561 g/mol. The van der Waals surface area contributed by atoms with Gasteiger partial charge in [-0.15, -0.1) is 0 Å². The zero-order valence-electron chi connectivity index (χ0n) is 15.9. The average molecular weight is 568 g/mol. The third-order valence-corrected chi connectivity index (χ3v) is 3.91. The van der Waals surface area contributed by atoms with E-state index in [1.54, 1.807) is 0 Å². The fraction of sp³-hybridized carbons (Fsp3) is 0.786. The summed E-state index contributed by atoms with van der Waals surface area (Å²) in [6, 6.07) is 0. The number of rotatable bonds is 10. The van der Waals surface area contributed by atoms with Crippen molar-refractivity contribution in [3.8, 4) is 0 Å². The molecule has 2 nitrogen and oxygen atoms in total. The first-order chi connectivity index (χ1) is 14.8. The monoisotopic (exact) mass is 568 g/mol. The number of carbonyl (C=O) groups excluding carboxylic acids is 1. The number of hydrogen-bond donors (Lipinski definition) is 0. The number of carbonyl (C=O) groups is 1. The highest BCUT2D eigenvalue weighted by Gasteiger charge is 2.96. The van der Waals surface area contributed by atoms with Crippen LogP contribution in [-0.2, 0) is 9.53 Å². The van der Waals surface area contributed by atoms with Gasteiger partial charge in [-0.2, -0.15) is 83.4 Å². The molecule has 0 rings (SSSR count). The maximum atomic E-state index is 13.5. The highest BCUT2D eigenvalue weighted by atomic mass is 19.4. The summed E-state index contributed by atoms with van der Waals surface area (Å²) in [7, 11) is 0. The minimum Gasteiger partial charge on any atom is -0.456 e. The molecule has 0 fully saturated rings. The number of alkyl halides is 19. The molecular formula is C14H7F19O2. The van der Waals surface area contributed by atoms with E-state index in [4.69, 9.17) is 0 Å². The quantitative estimate of drug-likeness (QED) is 0.166. The van der Waals surface area contributed by atoms with Gasteiger partial charge in [-0.1, -0.05) is 6.58 Å². The van der Waals surface area contributed by atoms with Crippen LogP contribution in [0.15, 0.2) is 12.2 Å². The predicted molar refractivity (Wildman–Crippen MR) is 71.4 cm³/mol. The summed E-state index contributed by atoms with van der Waals surface area (Å²) in [6.07, 6.45) is -7.93. The summed E-state index contributed by atoms with van der Waals surface area (Å²) >= 11 is 0. The summed E-state index contributed by atoms with van der Waals surface area (Å²) in [4.78, 5) is 10.8. The molecule has 0 spiro atoms. The fourth-order valence-electron chi connectivity index (χ4n) is 1.76. The molecule has 0 aromatic carbocycles. The summed E-state index contributed by atoms with van der Waals surface area (Å²) in [5.41, 5.74) is -0.930. The molecule has 0 radical (unpaired) electrons. The normalized spacial score (nSPS) is 15.8. The zero-order chi connectivity index (χ0) is 29.1. The third-order valence-electron chi connectivity index (χ3n) is 3.91. The molecule has 0 aliphatic rings. The second-order valence-corrected chi connectivity index (χ2v) is 6.58. The summed E-state index contributed by atoms with van der Waals surface area (Å²) in [5.74, 6) is -69.6. The lowest BCUT2D eigenvalue weighted by molar-refractivity contribution is -0.469. The molecule has 0 N–H and O–H groups in total. The van der Waals surface area contributed by atoms with Crippen LogP contribution in [-0.4, -0.2) is 66.1 Å². The Bertz CT molecular complexity index is 822. The lowest BCUT2D eigenvalue weighted by Gasteiger charge is -2.43. The van der Waals surface area contributed by atoms with E-state index in [2.05, 4.69) is 11.3 Å². The van der Waals surface area contributed by atoms with E-state index in [-0.39, 0.29) is 0 Å². The van der Waals surface area contributed by atoms with Gasteiger partial charge in [-0.05, 0) is 6.92 Å². The van der Waals surface area contributed by atoms with Crippen molar-refractivity contribution in [1.29, 1.82) is 0 Å². The lowest BCUT2D eigenvalue weighted by Crippen LogP contribution is -2.76. The van der Waals surface area contributed by atoms with Crippen molar-refractivity contribution < 1.29 is 92.9 Å². The van der Waals surface area contributed by atoms with Crippen LogP contribution in [0.5, 0.6) is 0 Å². The summed E-state index contributed by atoms with van der Waals surface area (Å²) in [5, 5.41) is 0. The molecule has 0 saturated carbocycles. The molecule has 0 saturated heterocycles. The molecule has 21 heteroatoms. The topological polar surface area (TPSA) is 26.3 Å². The van der Waals surface area contributed by atoms with E-state index < -0.39 is 71.7 Å². The Hall–Kier alpha value is -2.12. The molecule has 0 aliphatic carbocycles. The van der Waals surface area contributed by atoms with Gasteiger partial charge in [0, 0.05) is 5.57 Å². The van der Waals surface area contributed by atoms with E-state index in [1.165, 1.54) is 0 Å². The molecule has 0 aliphatic heterocycles. The van der Waals surface area contributed by atoms with Crippen LogP contribution in [0.2, 0.25) is 0 Å². The third kappa shape index (κ3) is 4.46. The van der Waals surface area contributed by atoms with E-state index in [0.717, 1.165) is 0 Å². The minimum absolute atomic E-state index is 0.612. The molecule has 0 unspecified atom stereocenters. The van der Waals surface area contributed by atoms with E-state index in [9.17, 15) is 88.2 Å². The molecule has 0 atom stereocenters. The van der Waals surface area contributed by atoms with Gasteiger partial charge in [0.15, 0.2) is 6.61 Å². The van der Waals surface area contributed by atoms with Crippen LogP contribution in [0.25, 0.3) is 0 Å². The van der Waals surface area contributed by atoms with Gasteiger partial charge in [0.1, 0.15) is 0 Å². The molecule has 208 valence electrons. The molecule has 0 bridgehead atoms. The van der Waals surface area contributed by atoms with Crippen molar-refractivity contribution >= 4 is 5.97 Å². The largest absolute Gasteiger partial charge is 0.460 e. The second kappa shape index (κ2) is 8.48. The molecule has 0 aromatic heterocycles. The van der Waals surface area contributed by atoms with Crippen LogP contribution in [0.1, 0.15) is 6.92 Å². The lowest BCUT2D eigenvalue weighted by atomic mass is 9.87. The number of hydrogen-bond acceptors (Lipinski definition) is 2. The zero-order valence-corrected chi connectivity index (χ0v) is 15.9. The maximum absolute atomic E-state index is 13.5. The molecule has 0 amide bonds. The maximum Gasteiger partial charge on any atom is 0.460 e. The van der Waals surface area contributed by atoms with Crippen LogP contribution in [0.3, 0.4) is 0 Å². The van der Waals surface area contributed by atoms with Gasteiger partial charge >= 0.3 is 59.5 Å². The number of esters is 1. The van der Waals surface area contributed by atoms with Gasteiger partial charge < -0.3 is 4.74 Å². The standard InChI is InChI=1S/C14H7F19O2/c1-4(2)5(34)35-3-6(15,16)7(17,18)8(19,20)9(21,22)10(23,24)11(25,26)12(27,28)13(29,30)14(31,32)33/h1,3H2,2H3. The highest BCUT2D eigenvalue weighted by molar-refractivity contribution is 5.86. The van der Waals surface area contributed by atoms with E-state index in [1.807, 2.05) is 0 Å². The van der Waals surface area contributed by atoms with Crippen molar-refractivity contribution in [2.75, 3.05) is 6.61 Å². The first kappa shape index (κ1) is 32.9. The fourth-order valence-corrected chi connectivity index (χ4v) is 1.76. The van der Waals surface area contributed by atoms with Gasteiger partial charge in [-0.25, -0.2) is 4.79 Å². The Morgan fingerprint density at radius 1 is 0.543 bits per heavy atom. The highest BCUT2D eigenvalue weighted by Crippen LogP contribution is 2.65. The van der Waals surface area contributed by atoms with Gasteiger partial charge in [0.25, 0.3) is 0 Å². The van der Waals surface area contributed by atoms with Gasteiger partial charge in [0.2, 0.25) is 0 Å². The number of halogens is 19. The summed E-state index contributed by atoms with van der Waals surface area (Å²) in [6.45, 7) is -0.106. The molecule has 0 aromatic rings. The number of ether oxygens (including phenoxy) is 1. The SMILES string of the molecule is C=C(C)C(=O)OCC(F)(F)C(F)(F)C(F)(F)C(F)(F)C(F)(F)C(F)(F)C(F)(F)C(F)(F)C(F)(F)F. The van der Waals surface area contributed by atoms with E-state index in [0.29, 0.717) is 6.92 Å². The average Bonchev–Trinajstić information content (AvgIpc) is 2.63. The first-order valence-electron chi connectivity index (χ1n) is 7.74.